The summed E-state index contributed by atoms with van der Waals surface area (Å²) in [6, 6.07) is 14.1. The summed E-state index contributed by atoms with van der Waals surface area (Å²) in [7, 11) is 0. The van der Waals surface area contributed by atoms with Crippen LogP contribution >= 0.6 is 11.6 Å². The van der Waals surface area contributed by atoms with Crippen molar-refractivity contribution in [2.45, 2.75) is 90.0 Å². The summed E-state index contributed by atoms with van der Waals surface area (Å²) >= 11 is 6.75. The zero-order chi connectivity index (χ0) is 30.0. The standard InChI is InChI=1S/C30H39ClN4O6/c1-29(2,3)41-28(39)34-26(32-21-14-9-6-10-15-21)35-30(4,18-24(36)37)22-16-11-17-23(25(22)31)33-27(38)40-19-20-12-7-5-8-13-20/h5,7-8,11-13,16-17,21H,6,9-10,14-15,18-19H2,1-4H3,(H,33,38)(H,36,37)(H2,32,34,35,39)/t30-/m0/s1. The van der Waals surface area contributed by atoms with Gasteiger partial charge in [0, 0.05) is 0 Å². The second-order valence-electron chi connectivity index (χ2n) is 11.3. The van der Waals surface area contributed by atoms with E-state index in [0.29, 0.717) is 5.56 Å². The number of aliphatic imine (C=N–C) groups is 1. The van der Waals surface area contributed by atoms with Crippen molar-refractivity contribution in [1.29, 1.82) is 0 Å². The third-order valence-corrected chi connectivity index (χ3v) is 6.85. The van der Waals surface area contributed by atoms with Gasteiger partial charge in [-0.2, -0.15) is 0 Å². The smallest absolute Gasteiger partial charge is 0.414 e. The van der Waals surface area contributed by atoms with Crippen LogP contribution in [0, 0.1) is 0 Å². The fourth-order valence-electron chi connectivity index (χ4n) is 4.58. The minimum Gasteiger partial charge on any atom is -0.481 e. The Morgan fingerprint density at radius 3 is 2.29 bits per heavy atom. The SMILES string of the molecule is CC(C)(C)OC(=O)NC(=NC1CCCCC1)N[C@@](C)(CC(=O)O)c1cccc(NC(=O)OCc2ccccc2)c1Cl. The molecule has 0 heterocycles. The van der Waals surface area contributed by atoms with Gasteiger partial charge in [0.05, 0.1) is 28.7 Å². The minimum absolute atomic E-state index is 0.0434. The largest absolute Gasteiger partial charge is 0.481 e. The number of rotatable bonds is 8. The van der Waals surface area contributed by atoms with E-state index >= 15 is 0 Å². The minimum atomic E-state index is -1.34. The van der Waals surface area contributed by atoms with Crippen molar-refractivity contribution in [3.63, 3.8) is 0 Å². The summed E-state index contributed by atoms with van der Waals surface area (Å²) in [6.45, 7) is 6.95. The summed E-state index contributed by atoms with van der Waals surface area (Å²) in [5, 5.41) is 18.4. The van der Waals surface area contributed by atoms with E-state index < -0.39 is 35.7 Å². The van der Waals surface area contributed by atoms with E-state index in [0.717, 1.165) is 37.7 Å². The monoisotopic (exact) mass is 586 g/mol. The van der Waals surface area contributed by atoms with Gasteiger partial charge in [0.1, 0.15) is 12.2 Å². The Labute approximate surface area is 245 Å². The van der Waals surface area contributed by atoms with Crippen molar-refractivity contribution in [2.75, 3.05) is 5.32 Å². The topological polar surface area (TPSA) is 138 Å². The number of carbonyl (C=O) groups is 3. The zero-order valence-corrected chi connectivity index (χ0v) is 24.7. The highest BCUT2D eigenvalue weighted by Crippen LogP contribution is 2.36. The lowest BCUT2D eigenvalue weighted by atomic mass is 9.88. The lowest BCUT2D eigenvalue weighted by molar-refractivity contribution is -0.138. The number of hydrogen-bond donors (Lipinski definition) is 4. The number of guanidine groups is 1. The number of benzene rings is 2. The van der Waals surface area contributed by atoms with Crippen molar-refractivity contribution in [3.05, 3.63) is 64.7 Å². The maximum absolute atomic E-state index is 12.7. The van der Waals surface area contributed by atoms with E-state index in [1.807, 2.05) is 30.3 Å². The lowest BCUT2D eigenvalue weighted by Gasteiger charge is -2.33. The van der Waals surface area contributed by atoms with Gasteiger partial charge in [-0.1, -0.05) is 73.3 Å². The summed E-state index contributed by atoms with van der Waals surface area (Å²) in [5.74, 6) is -1.02. The first-order chi connectivity index (χ1) is 19.3. The number of ether oxygens (including phenoxy) is 2. The quantitative estimate of drug-likeness (QED) is 0.202. The molecule has 2 aromatic carbocycles. The molecule has 2 amide bonds. The number of nitrogens with zero attached hydrogens (tertiary/aromatic N) is 1. The van der Waals surface area contributed by atoms with Gasteiger partial charge in [0.25, 0.3) is 0 Å². The maximum Gasteiger partial charge on any atom is 0.414 e. The predicted molar refractivity (Wildman–Crippen MR) is 158 cm³/mol. The van der Waals surface area contributed by atoms with Gasteiger partial charge in [-0.25, -0.2) is 14.6 Å². The second-order valence-corrected chi connectivity index (χ2v) is 11.7. The highest BCUT2D eigenvalue weighted by Gasteiger charge is 2.35. The van der Waals surface area contributed by atoms with Crippen LogP contribution < -0.4 is 16.0 Å². The van der Waals surface area contributed by atoms with Crippen LogP contribution in [0.5, 0.6) is 0 Å². The van der Waals surface area contributed by atoms with Gasteiger partial charge in [0.2, 0.25) is 5.96 Å². The van der Waals surface area contributed by atoms with E-state index in [1.54, 1.807) is 45.9 Å². The average molecular weight is 587 g/mol. The molecule has 0 radical (unpaired) electrons. The summed E-state index contributed by atoms with van der Waals surface area (Å²) in [4.78, 5) is 42.0. The number of aliphatic carboxylic acids is 1. The third kappa shape index (κ3) is 10.3. The number of nitrogens with one attached hydrogen (secondary N) is 3. The molecule has 0 aliphatic heterocycles. The molecule has 1 fully saturated rings. The number of carbonyl (C=O) groups excluding carboxylic acids is 2. The third-order valence-electron chi connectivity index (χ3n) is 6.45. The number of halogens is 1. The molecule has 0 saturated heterocycles. The highest BCUT2D eigenvalue weighted by atomic mass is 35.5. The van der Waals surface area contributed by atoms with E-state index in [1.165, 1.54) is 0 Å². The van der Waals surface area contributed by atoms with Gasteiger partial charge < -0.3 is 19.9 Å². The van der Waals surface area contributed by atoms with Crippen molar-refractivity contribution in [2.24, 2.45) is 4.99 Å². The summed E-state index contributed by atoms with van der Waals surface area (Å²) in [5.41, 5.74) is -0.640. The Kier molecular flexibility index (Phi) is 11.0. The van der Waals surface area contributed by atoms with Gasteiger partial charge >= 0.3 is 18.2 Å². The van der Waals surface area contributed by atoms with Crippen molar-refractivity contribution >= 4 is 41.4 Å². The Bertz CT molecular complexity index is 1240. The molecule has 2 aromatic rings. The molecule has 0 spiro atoms. The van der Waals surface area contributed by atoms with Crippen LogP contribution in [-0.2, 0) is 26.4 Å². The second kappa shape index (κ2) is 14.2. The molecular weight excluding hydrogens is 548 g/mol. The number of carboxylic acid groups (broad SMARTS) is 1. The van der Waals surface area contributed by atoms with Crippen molar-refractivity contribution in [1.82, 2.24) is 10.6 Å². The van der Waals surface area contributed by atoms with Gasteiger partial charge in [-0.3, -0.25) is 15.4 Å². The summed E-state index contributed by atoms with van der Waals surface area (Å²) < 4.78 is 10.7. The molecule has 0 aromatic heterocycles. The molecule has 3 rings (SSSR count). The molecule has 4 N–H and O–H groups in total. The molecule has 1 atom stereocenters. The Morgan fingerprint density at radius 1 is 0.976 bits per heavy atom. The first-order valence-corrected chi connectivity index (χ1v) is 14.1. The first kappa shape index (κ1) is 31.7. The van der Waals surface area contributed by atoms with Crippen LogP contribution in [0.1, 0.15) is 77.3 Å². The van der Waals surface area contributed by atoms with Crippen molar-refractivity contribution in [3.8, 4) is 0 Å². The number of alkyl carbamates (subject to hydrolysis) is 1. The highest BCUT2D eigenvalue weighted by molar-refractivity contribution is 6.34. The van der Waals surface area contributed by atoms with Crippen LogP contribution in [0.15, 0.2) is 53.5 Å². The van der Waals surface area contributed by atoms with Crippen LogP contribution in [0.25, 0.3) is 0 Å². The predicted octanol–water partition coefficient (Wildman–Crippen LogP) is 6.58. The molecule has 10 nitrogen and oxygen atoms in total. The molecule has 222 valence electrons. The normalized spacial score (nSPS) is 15.8. The van der Waals surface area contributed by atoms with E-state index in [2.05, 4.69) is 16.0 Å². The first-order valence-electron chi connectivity index (χ1n) is 13.7. The number of anilines is 1. The van der Waals surface area contributed by atoms with Crippen LogP contribution in [0.4, 0.5) is 15.3 Å². The zero-order valence-electron chi connectivity index (χ0n) is 24.0. The average Bonchev–Trinajstić information content (AvgIpc) is 2.88. The van der Waals surface area contributed by atoms with Gasteiger partial charge in [-0.15, -0.1) is 0 Å². The van der Waals surface area contributed by atoms with Gasteiger partial charge in [-0.05, 0) is 57.7 Å². The molecular formula is C30H39ClN4O6. The Hall–Kier alpha value is -3.79. The van der Waals surface area contributed by atoms with Crippen LogP contribution in [0.2, 0.25) is 5.02 Å². The molecule has 1 aliphatic rings. The maximum atomic E-state index is 12.7. The molecule has 1 saturated carbocycles. The summed E-state index contributed by atoms with van der Waals surface area (Å²) in [6.07, 6.45) is 3.00. The van der Waals surface area contributed by atoms with Gasteiger partial charge in [0.15, 0.2) is 0 Å². The number of hydrogen-bond acceptors (Lipinski definition) is 6. The van der Waals surface area contributed by atoms with Crippen LogP contribution in [0.3, 0.4) is 0 Å². The van der Waals surface area contributed by atoms with E-state index in [4.69, 9.17) is 26.1 Å². The molecule has 41 heavy (non-hydrogen) atoms. The molecule has 0 bridgehead atoms. The Balaban J connectivity index is 1.88. The van der Waals surface area contributed by atoms with Crippen molar-refractivity contribution < 1.29 is 29.0 Å². The van der Waals surface area contributed by atoms with E-state index in [9.17, 15) is 19.5 Å². The lowest BCUT2D eigenvalue weighted by Crippen LogP contribution is -2.53. The fourth-order valence-corrected chi connectivity index (χ4v) is 4.96. The number of carboxylic acids is 1. The molecule has 0 unspecified atom stereocenters. The number of amides is 2. The molecule has 11 heteroatoms. The Morgan fingerprint density at radius 2 is 1.66 bits per heavy atom. The van der Waals surface area contributed by atoms with Crippen LogP contribution in [-0.4, -0.2) is 40.9 Å². The fraction of sp³-hybridized carbons (Fsp3) is 0.467. The van der Waals surface area contributed by atoms with E-state index in [-0.39, 0.29) is 29.3 Å². The molecule has 1 aliphatic carbocycles.